The molecule has 152 valence electrons. The van der Waals surface area contributed by atoms with Gasteiger partial charge in [0.1, 0.15) is 5.82 Å². The van der Waals surface area contributed by atoms with Crippen molar-refractivity contribution in [2.45, 2.75) is 18.8 Å². The van der Waals surface area contributed by atoms with Gasteiger partial charge in [0.05, 0.1) is 0 Å². The SMILES string of the molecule is O=C(NCCc1nnc2ccccn12)NCCC(c1ccccc1)c1ccccc1. The molecule has 6 nitrogen and oxygen atoms in total. The lowest BCUT2D eigenvalue weighted by molar-refractivity contribution is 0.240. The van der Waals surface area contributed by atoms with Crippen LogP contribution in [0.15, 0.2) is 85.1 Å². The first-order chi connectivity index (χ1) is 14.8. The third-order valence-electron chi connectivity index (χ3n) is 5.14. The maximum atomic E-state index is 12.2. The van der Waals surface area contributed by atoms with Gasteiger partial charge in [-0.1, -0.05) is 66.7 Å². The monoisotopic (exact) mass is 399 g/mol. The molecule has 0 saturated carbocycles. The molecular weight excluding hydrogens is 374 g/mol. The molecule has 2 aromatic heterocycles. The van der Waals surface area contributed by atoms with E-state index < -0.39 is 0 Å². The Kier molecular flexibility index (Phi) is 6.35. The molecule has 0 aliphatic rings. The Morgan fingerprint density at radius 1 is 0.800 bits per heavy atom. The smallest absolute Gasteiger partial charge is 0.314 e. The average Bonchev–Trinajstić information content (AvgIpc) is 3.21. The first-order valence-corrected chi connectivity index (χ1v) is 10.2. The highest BCUT2D eigenvalue weighted by Crippen LogP contribution is 2.27. The van der Waals surface area contributed by atoms with E-state index in [0.29, 0.717) is 19.5 Å². The fraction of sp³-hybridized carbons (Fsp3) is 0.208. The number of amides is 2. The lowest BCUT2D eigenvalue weighted by Crippen LogP contribution is -2.37. The first kappa shape index (κ1) is 19.6. The number of urea groups is 1. The van der Waals surface area contributed by atoms with Crippen molar-refractivity contribution in [3.63, 3.8) is 0 Å². The number of nitrogens with zero attached hydrogens (tertiary/aromatic N) is 3. The minimum atomic E-state index is -0.163. The van der Waals surface area contributed by atoms with Gasteiger partial charge in [-0.15, -0.1) is 10.2 Å². The van der Waals surface area contributed by atoms with E-state index in [1.165, 1.54) is 11.1 Å². The fourth-order valence-corrected chi connectivity index (χ4v) is 3.64. The van der Waals surface area contributed by atoms with Crippen molar-refractivity contribution in [3.8, 4) is 0 Å². The molecule has 2 heterocycles. The van der Waals surface area contributed by atoms with Gasteiger partial charge in [0.25, 0.3) is 0 Å². The Bertz CT molecular complexity index is 1040. The minimum absolute atomic E-state index is 0.163. The molecule has 4 aromatic rings. The van der Waals surface area contributed by atoms with E-state index in [2.05, 4.69) is 69.4 Å². The third kappa shape index (κ3) is 4.84. The van der Waals surface area contributed by atoms with Gasteiger partial charge in [0.15, 0.2) is 5.65 Å². The molecule has 0 fully saturated rings. The number of carbonyl (C=O) groups excluding carboxylic acids is 1. The molecule has 6 heteroatoms. The van der Waals surface area contributed by atoms with Crippen LogP contribution in [0.3, 0.4) is 0 Å². The summed E-state index contributed by atoms with van der Waals surface area (Å²) in [6.07, 6.45) is 3.38. The fourth-order valence-electron chi connectivity index (χ4n) is 3.64. The van der Waals surface area contributed by atoms with E-state index in [1.807, 2.05) is 40.9 Å². The summed E-state index contributed by atoms with van der Waals surface area (Å²) in [4.78, 5) is 12.2. The van der Waals surface area contributed by atoms with Crippen LogP contribution in [0.2, 0.25) is 0 Å². The molecule has 30 heavy (non-hydrogen) atoms. The molecule has 0 saturated heterocycles. The topological polar surface area (TPSA) is 71.3 Å². The van der Waals surface area contributed by atoms with Gasteiger partial charge in [-0.2, -0.15) is 0 Å². The molecule has 2 amide bonds. The third-order valence-corrected chi connectivity index (χ3v) is 5.14. The van der Waals surface area contributed by atoms with Crippen LogP contribution in [0.4, 0.5) is 4.79 Å². The molecule has 0 bridgehead atoms. The largest absolute Gasteiger partial charge is 0.338 e. The lowest BCUT2D eigenvalue weighted by atomic mass is 9.88. The lowest BCUT2D eigenvalue weighted by Gasteiger charge is -2.18. The molecule has 0 aliphatic heterocycles. The second kappa shape index (κ2) is 9.69. The average molecular weight is 399 g/mol. The van der Waals surface area contributed by atoms with Crippen LogP contribution in [0.1, 0.15) is 29.3 Å². The van der Waals surface area contributed by atoms with Crippen molar-refractivity contribution in [1.29, 1.82) is 0 Å². The van der Waals surface area contributed by atoms with E-state index in [4.69, 9.17) is 0 Å². The predicted octanol–water partition coefficient (Wildman–Crippen LogP) is 3.79. The Hall–Kier alpha value is -3.67. The Labute approximate surface area is 176 Å². The zero-order chi connectivity index (χ0) is 20.6. The minimum Gasteiger partial charge on any atom is -0.338 e. The van der Waals surface area contributed by atoms with E-state index in [9.17, 15) is 4.79 Å². The number of aromatic nitrogens is 3. The Balaban J connectivity index is 1.27. The van der Waals surface area contributed by atoms with Crippen LogP contribution in [0.25, 0.3) is 5.65 Å². The van der Waals surface area contributed by atoms with Crippen LogP contribution in [-0.2, 0) is 6.42 Å². The standard InChI is InChI=1S/C24H25N5O/c30-24(26-17-15-23-28-27-22-13-7-8-18-29(22)23)25-16-14-21(19-9-3-1-4-10-19)20-11-5-2-6-12-20/h1-13,18,21H,14-17H2,(H2,25,26,30). The highest BCUT2D eigenvalue weighted by atomic mass is 16.2. The number of hydrogen-bond acceptors (Lipinski definition) is 3. The number of rotatable bonds is 8. The van der Waals surface area contributed by atoms with Gasteiger partial charge in [0.2, 0.25) is 0 Å². The second-order valence-electron chi connectivity index (χ2n) is 7.14. The maximum absolute atomic E-state index is 12.2. The molecule has 0 unspecified atom stereocenters. The first-order valence-electron chi connectivity index (χ1n) is 10.2. The number of carbonyl (C=O) groups is 1. The molecule has 0 radical (unpaired) electrons. The quantitative estimate of drug-likeness (QED) is 0.473. The van der Waals surface area contributed by atoms with Crippen molar-refractivity contribution in [2.75, 3.05) is 13.1 Å². The summed E-state index contributed by atoms with van der Waals surface area (Å²) in [6, 6.07) is 26.4. The highest BCUT2D eigenvalue weighted by Gasteiger charge is 2.14. The van der Waals surface area contributed by atoms with E-state index in [-0.39, 0.29) is 11.9 Å². The number of fused-ring (bicyclic) bond motifs is 1. The second-order valence-corrected chi connectivity index (χ2v) is 7.14. The zero-order valence-electron chi connectivity index (χ0n) is 16.7. The maximum Gasteiger partial charge on any atom is 0.314 e. The Morgan fingerprint density at radius 3 is 2.13 bits per heavy atom. The predicted molar refractivity (Wildman–Crippen MR) is 117 cm³/mol. The zero-order valence-corrected chi connectivity index (χ0v) is 16.7. The molecule has 0 aliphatic carbocycles. The molecule has 2 aromatic carbocycles. The van der Waals surface area contributed by atoms with E-state index in [0.717, 1.165) is 17.9 Å². The van der Waals surface area contributed by atoms with Gasteiger partial charge in [-0.3, -0.25) is 4.40 Å². The van der Waals surface area contributed by atoms with Crippen LogP contribution >= 0.6 is 0 Å². The number of pyridine rings is 1. The van der Waals surface area contributed by atoms with Gasteiger partial charge >= 0.3 is 6.03 Å². The number of hydrogen-bond donors (Lipinski definition) is 2. The van der Waals surface area contributed by atoms with E-state index in [1.54, 1.807) is 0 Å². The van der Waals surface area contributed by atoms with Crippen LogP contribution in [-0.4, -0.2) is 33.7 Å². The summed E-state index contributed by atoms with van der Waals surface area (Å²) < 4.78 is 1.93. The van der Waals surface area contributed by atoms with Gasteiger partial charge in [-0.25, -0.2) is 4.79 Å². The van der Waals surface area contributed by atoms with Gasteiger partial charge in [0, 0.05) is 31.6 Å². The van der Waals surface area contributed by atoms with Crippen molar-refractivity contribution in [2.24, 2.45) is 0 Å². The van der Waals surface area contributed by atoms with Crippen molar-refractivity contribution < 1.29 is 4.79 Å². The van der Waals surface area contributed by atoms with Gasteiger partial charge in [-0.05, 0) is 29.7 Å². The van der Waals surface area contributed by atoms with E-state index >= 15 is 0 Å². The molecule has 0 spiro atoms. The summed E-state index contributed by atoms with van der Waals surface area (Å²) in [5.41, 5.74) is 3.32. The molecule has 0 atom stereocenters. The molecule has 4 rings (SSSR count). The van der Waals surface area contributed by atoms with Crippen molar-refractivity contribution in [3.05, 3.63) is 102 Å². The highest BCUT2D eigenvalue weighted by molar-refractivity contribution is 5.73. The molecule has 2 N–H and O–H groups in total. The normalized spacial score (nSPS) is 11.0. The summed E-state index contributed by atoms with van der Waals surface area (Å²) in [7, 11) is 0. The van der Waals surface area contributed by atoms with Crippen LogP contribution in [0.5, 0.6) is 0 Å². The summed E-state index contributed by atoms with van der Waals surface area (Å²) >= 11 is 0. The van der Waals surface area contributed by atoms with Crippen molar-refractivity contribution in [1.82, 2.24) is 25.2 Å². The summed E-state index contributed by atoms with van der Waals surface area (Å²) in [5, 5.41) is 14.2. The summed E-state index contributed by atoms with van der Waals surface area (Å²) in [5.74, 6) is 1.08. The van der Waals surface area contributed by atoms with Gasteiger partial charge < -0.3 is 10.6 Å². The number of nitrogens with one attached hydrogen (secondary N) is 2. The molecular formula is C24H25N5O. The summed E-state index contributed by atoms with van der Waals surface area (Å²) in [6.45, 7) is 1.09. The Morgan fingerprint density at radius 2 is 1.43 bits per heavy atom. The number of benzene rings is 2. The van der Waals surface area contributed by atoms with Crippen molar-refractivity contribution >= 4 is 11.7 Å². The van der Waals surface area contributed by atoms with Crippen LogP contribution in [0, 0.1) is 0 Å². The van der Waals surface area contributed by atoms with Crippen LogP contribution < -0.4 is 10.6 Å².